The van der Waals surface area contributed by atoms with Gasteiger partial charge in [-0.2, -0.15) is 28.1 Å². The molecular weight excluding hydrogens is 385 g/mol. The summed E-state index contributed by atoms with van der Waals surface area (Å²) in [5.41, 5.74) is -0.519. The highest BCUT2D eigenvalue weighted by atomic mass is 19.4. The zero-order valence-electron chi connectivity index (χ0n) is 16.5. The van der Waals surface area contributed by atoms with Gasteiger partial charge in [0, 0.05) is 18.8 Å². The van der Waals surface area contributed by atoms with Gasteiger partial charge in [-0.25, -0.2) is 0 Å². The van der Waals surface area contributed by atoms with E-state index in [1.165, 1.54) is 12.1 Å². The molecule has 1 unspecified atom stereocenters. The standard InChI is InChI=1S/C19H25F3N6O/c1-3-29-18-26-16(23-11-13-6-5-9-28(2)12-13)25-17(27-18)24-15-8-4-7-14(10-15)19(20,21)22/h4,7-8,10,13H,3,5-6,9,11-12H2,1-2H3,(H2,23,24,25,26,27). The lowest BCUT2D eigenvalue weighted by Gasteiger charge is -2.29. The molecule has 0 radical (unpaired) electrons. The number of rotatable bonds is 7. The number of halogens is 3. The molecule has 0 spiro atoms. The van der Waals surface area contributed by atoms with Gasteiger partial charge in [0.05, 0.1) is 12.2 Å². The number of aromatic nitrogens is 3. The Morgan fingerprint density at radius 3 is 2.72 bits per heavy atom. The molecule has 1 aliphatic heterocycles. The summed E-state index contributed by atoms with van der Waals surface area (Å²) >= 11 is 0. The van der Waals surface area contributed by atoms with E-state index in [1.807, 2.05) is 0 Å². The highest BCUT2D eigenvalue weighted by Crippen LogP contribution is 2.31. The molecule has 7 nitrogen and oxygen atoms in total. The van der Waals surface area contributed by atoms with Crippen molar-refractivity contribution in [2.45, 2.75) is 25.9 Å². The predicted molar refractivity (Wildman–Crippen MR) is 104 cm³/mol. The molecule has 29 heavy (non-hydrogen) atoms. The van der Waals surface area contributed by atoms with E-state index in [4.69, 9.17) is 4.74 Å². The Morgan fingerprint density at radius 1 is 1.21 bits per heavy atom. The van der Waals surface area contributed by atoms with Crippen LogP contribution in [0.3, 0.4) is 0 Å². The molecule has 10 heteroatoms. The van der Waals surface area contributed by atoms with Crippen LogP contribution in [-0.4, -0.2) is 53.1 Å². The molecule has 1 fully saturated rings. The minimum Gasteiger partial charge on any atom is -0.464 e. The molecule has 1 atom stereocenters. The molecule has 1 aromatic heterocycles. The molecule has 1 saturated heterocycles. The van der Waals surface area contributed by atoms with Crippen molar-refractivity contribution in [3.8, 4) is 6.01 Å². The minimum atomic E-state index is -4.42. The average Bonchev–Trinajstić information content (AvgIpc) is 2.66. The fourth-order valence-electron chi connectivity index (χ4n) is 3.26. The summed E-state index contributed by atoms with van der Waals surface area (Å²) in [6.45, 7) is 4.95. The number of piperidine rings is 1. The fraction of sp³-hybridized carbons (Fsp3) is 0.526. The summed E-state index contributed by atoms with van der Waals surface area (Å²) in [7, 11) is 2.10. The molecule has 2 aromatic rings. The Kier molecular flexibility index (Phi) is 6.73. The van der Waals surface area contributed by atoms with Gasteiger partial charge >= 0.3 is 12.2 Å². The van der Waals surface area contributed by atoms with Crippen LogP contribution in [0.15, 0.2) is 24.3 Å². The van der Waals surface area contributed by atoms with Crippen molar-refractivity contribution in [3.05, 3.63) is 29.8 Å². The molecule has 0 saturated carbocycles. The SMILES string of the molecule is CCOc1nc(NCC2CCCN(C)C2)nc(Nc2cccc(C(F)(F)F)c2)n1. The third-order valence-corrected chi connectivity index (χ3v) is 4.61. The number of ether oxygens (including phenoxy) is 1. The Balaban J connectivity index is 1.74. The van der Waals surface area contributed by atoms with Crippen molar-refractivity contribution in [2.75, 3.05) is 43.9 Å². The Hall–Kier alpha value is -2.62. The van der Waals surface area contributed by atoms with Crippen LogP contribution in [0, 0.1) is 5.92 Å². The molecule has 1 aromatic carbocycles. The van der Waals surface area contributed by atoms with E-state index in [0.29, 0.717) is 25.0 Å². The maximum absolute atomic E-state index is 12.9. The molecule has 0 aliphatic carbocycles. The van der Waals surface area contributed by atoms with Gasteiger partial charge in [-0.05, 0) is 57.5 Å². The normalized spacial score (nSPS) is 17.8. The second kappa shape index (κ2) is 9.25. The van der Waals surface area contributed by atoms with Gasteiger partial charge in [0.25, 0.3) is 0 Å². The number of hydrogen-bond acceptors (Lipinski definition) is 7. The summed E-state index contributed by atoms with van der Waals surface area (Å²) in [5.74, 6) is 0.915. The molecule has 1 aliphatic rings. The maximum Gasteiger partial charge on any atom is 0.416 e. The van der Waals surface area contributed by atoms with E-state index in [1.54, 1.807) is 6.92 Å². The Morgan fingerprint density at radius 2 is 2.00 bits per heavy atom. The molecule has 2 N–H and O–H groups in total. The van der Waals surface area contributed by atoms with E-state index in [2.05, 4.69) is 37.5 Å². The topological polar surface area (TPSA) is 75.2 Å². The molecule has 0 amide bonds. The van der Waals surface area contributed by atoms with Gasteiger partial charge in [0.15, 0.2) is 0 Å². The number of nitrogens with one attached hydrogen (secondary N) is 2. The fourth-order valence-corrected chi connectivity index (χ4v) is 3.26. The highest BCUT2D eigenvalue weighted by molar-refractivity contribution is 5.55. The number of anilines is 3. The quantitative estimate of drug-likeness (QED) is 0.719. The maximum atomic E-state index is 12.9. The van der Waals surface area contributed by atoms with Crippen LogP contribution in [-0.2, 0) is 6.18 Å². The second-order valence-electron chi connectivity index (χ2n) is 7.05. The van der Waals surface area contributed by atoms with E-state index in [9.17, 15) is 13.2 Å². The number of hydrogen-bond donors (Lipinski definition) is 2. The van der Waals surface area contributed by atoms with Crippen LogP contribution in [0.25, 0.3) is 0 Å². The monoisotopic (exact) mass is 410 g/mol. The van der Waals surface area contributed by atoms with Crippen molar-refractivity contribution >= 4 is 17.6 Å². The lowest BCUT2D eigenvalue weighted by molar-refractivity contribution is -0.137. The number of likely N-dealkylation sites (tertiary alicyclic amines) is 1. The van der Waals surface area contributed by atoms with Crippen LogP contribution < -0.4 is 15.4 Å². The second-order valence-corrected chi connectivity index (χ2v) is 7.05. The van der Waals surface area contributed by atoms with Crippen molar-refractivity contribution < 1.29 is 17.9 Å². The molecule has 0 bridgehead atoms. The minimum absolute atomic E-state index is 0.111. The van der Waals surface area contributed by atoms with Gasteiger partial charge in [0.1, 0.15) is 0 Å². The van der Waals surface area contributed by atoms with Gasteiger partial charge < -0.3 is 20.3 Å². The van der Waals surface area contributed by atoms with Gasteiger partial charge in [-0.15, -0.1) is 0 Å². The van der Waals surface area contributed by atoms with Crippen molar-refractivity contribution in [3.63, 3.8) is 0 Å². The summed E-state index contributed by atoms with van der Waals surface area (Å²) in [6, 6.07) is 4.98. The number of benzene rings is 1. The Labute approximate surface area is 167 Å². The van der Waals surface area contributed by atoms with Crippen molar-refractivity contribution in [1.82, 2.24) is 19.9 Å². The summed E-state index contributed by atoms with van der Waals surface area (Å²) in [5, 5.41) is 6.02. The Bertz CT molecular complexity index is 817. The van der Waals surface area contributed by atoms with Crippen LogP contribution in [0.4, 0.5) is 30.8 Å². The smallest absolute Gasteiger partial charge is 0.416 e. The molecular formula is C19H25F3N6O. The zero-order valence-corrected chi connectivity index (χ0v) is 16.5. The first-order valence-corrected chi connectivity index (χ1v) is 9.59. The first-order chi connectivity index (χ1) is 13.8. The van der Waals surface area contributed by atoms with Crippen molar-refractivity contribution in [2.24, 2.45) is 5.92 Å². The first kappa shape index (κ1) is 21.1. The van der Waals surface area contributed by atoms with Gasteiger partial charge in [0.2, 0.25) is 11.9 Å². The first-order valence-electron chi connectivity index (χ1n) is 9.59. The van der Waals surface area contributed by atoms with E-state index < -0.39 is 11.7 Å². The molecule has 158 valence electrons. The lowest BCUT2D eigenvalue weighted by atomic mass is 9.99. The van der Waals surface area contributed by atoms with Crippen LogP contribution >= 0.6 is 0 Å². The van der Waals surface area contributed by atoms with Crippen LogP contribution in [0.1, 0.15) is 25.3 Å². The molecule has 3 rings (SSSR count). The third-order valence-electron chi connectivity index (χ3n) is 4.61. The molecule has 2 heterocycles. The summed E-state index contributed by atoms with van der Waals surface area (Å²) in [6.07, 6.45) is -2.16. The predicted octanol–water partition coefficient (Wildman–Crippen LogP) is 3.79. The van der Waals surface area contributed by atoms with Crippen LogP contribution in [0.2, 0.25) is 0 Å². The number of nitrogens with zero attached hydrogens (tertiary/aromatic N) is 4. The van der Waals surface area contributed by atoms with Gasteiger partial charge in [-0.1, -0.05) is 6.07 Å². The number of alkyl halides is 3. The average molecular weight is 410 g/mol. The van der Waals surface area contributed by atoms with Gasteiger partial charge in [-0.3, -0.25) is 0 Å². The lowest BCUT2D eigenvalue weighted by Crippen LogP contribution is -2.35. The third kappa shape index (κ3) is 6.18. The summed E-state index contributed by atoms with van der Waals surface area (Å²) in [4.78, 5) is 14.9. The zero-order chi connectivity index (χ0) is 20.9. The van der Waals surface area contributed by atoms with E-state index in [0.717, 1.165) is 38.1 Å². The largest absolute Gasteiger partial charge is 0.464 e. The van der Waals surface area contributed by atoms with E-state index in [-0.39, 0.29) is 17.6 Å². The highest BCUT2D eigenvalue weighted by Gasteiger charge is 2.30. The van der Waals surface area contributed by atoms with Crippen molar-refractivity contribution in [1.29, 1.82) is 0 Å². The van der Waals surface area contributed by atoms with Crippen LogP contribution in [0.5, 0.6) is 6.01 Å². The van der Waals surface area contributed by atoms with E-state index >= 15 is 0 Å². The summed E-state index contributed by atoms with van der Waals surface area (Å²) < 4.78 is 44.2.